The van der Waals surface area contributed by atoms with Crippen molar-refractivity contribution in [2.24, 2.45) is 0 Å². The number of nitrogens with one attached hydrogen (secondary N) is 1. The van der Waals surface area contributed by atoms with Crippen molar-refractivity contribution in [1.82, 2.24) is 5.32 Å². The summed E-state index contributed by atoms with van der Waals surface area (Å²) in [6.45, 7) is 1.85. The fourth-order valence-electron chi connectivity index (χ4n) is 3.18. The van der Waals surface area contributed by atoms with Crippen LogP contribution in [0.3, 0.4) is 0 Å². The highest BCUT2D eigenvalue weighted by Crippen LogP contribution is 2.30. The fourth-order valence-corrected chi connectivity index (χ4v) is 3.43. The lowest BCUT2D eigenvalue weighted by atomic mass is 9.99. The normalized spacial score (nSPS) is 13.9. The highest BCUT2D eigenvalue weighted by Gasteiger charge is 2.30. The van der Waals surface area contributed by atoms with E-state index in [0.717, 1.165) is 28.5 Å². The molecular weight excluding hydrogens is 387 g/mol. The Morgan fingerprint density at radius 3 is 2.46 bits per heavy atom. The van der Waals surface area contributed by atoms with Crippen LogP contribution in [0.25, 0.3) is 10.8 Å². The zero-order valence-electron chi connectivity index (χ0n) is 15.1. The molecule has 3 rings (SSSR count). The van der Waals surface area contributed by atoms with Crippen LogP contribution in [0, 0.1) is 0 Å². The molecule has 0 aliphatic carbocycles. The molecular formula is C22H19ClF3NO. The summed E-state index contributed by atoms with van der Waals surface area (Å²) in [5.41, 5.74) is 0.565. The number of amides is 1. The number of carbonyl (C=O) groups is 1. The Morgan fingerprint density at radius 1 is 1.04 bits per heavy atom. The molecule has 0 spiro atoms. The molecule has 0 bridgehead atoms. The summed E-state index contributed by atoms with van der Waals surface area (Å²) >= 11 is 6.19. The summed E-state index contributed by atoms with van der Waals surface area (Å²) < 4.78 is 38.5. The zero-order valence-corrected chi connectivity index (χ0v) is 15.9. The van der Waals surface area contributed by atoms with E-state index in [1.54, 1.807) is 0 Å². The van der Waals surface area contributed by atoms with Gasteiger partial charge in [0.2, 0.25) is 5.91 Å². The second kappa shape index (κ2) is 8.23. The van der Waals surface area contributed by atoms with Crippen molar-refractivity contribution in [3.63, 3.8) is 0 Å². The maximum absolute atomic E-state index is 12.8. The van der Waals surface area contributed by atoms with Crippen molar-refractivity contribution in [2.75, 3.05) is 0 Å². The van der Waals surface area contributed by atoms with Crippen molar-refractivity contribution in [3.05, 3.63) is 83.4 Å². The van der Waals surface area contributed by atoms with Gasteiger partial charge >= 0.3 is 6.18 Å². The molecule has 3 aromatic rings. The summed E-state index contributed by atoms with van der Waals surface area (Å²) in [5, 5.41) is 3.98. The van der Waals surface area contributed by atoms with Gasteiger partial charge in [0.15, 0.2) is 0 Å². The van der Waals surface area contributed by atoms with Gasteiger partial charge in [-0.2, -0.15) is 13.2 Å². The Morgan fingerprint density at radius 2 is 1.71 bits per heavy atom. The quantitative estimate of drug-likeness (QED) is 0.527. The second-order valence-corrected chi connectivity index (χ2v) is 7.20. The molecule has 0 saturated heterocycles. The Balaban J connectivity index is 1.70. The van der Waals surface area contributed by atoms with Gasteiger partial charge in [-0.15, -0.1) is 11.6 Å². The molecule has 2 nitrogen and oxygen atoms in total. The summed E-state index contributed by atoms with van der Waals surface area (Å²) in [7, 11) is 0. The van der Waals surface area contributed by atoms with E-state index in [0.29, 0.717) is 5.56 Å². The van der Waals surface area contributed by atoms with Crippen LogP contribution < -0.4 is 5.32 Å². The largest absolute Gasteiger partial charge is 0.416 e. The molecule has 0 saturated carbocycles. The van der Waals surface area contributed by atoms with Crippen LogP contribution in [0.1, 0.15) is 29.7 Å². The van der Waals surface area contributed by atoms with E-state index in [-0.39, 0.29) is 12.5 Å². The van der Waals surface area contributed by atoms with Gasteiger partial charge in [-0.1, -0.05) is 60.7 Å². The number of alkyl halides is 4. The molecule has 0 aliphatic heterocycles. The summed E-state index contributed by atoms with van der Waals surface area (Å²) in [6.07, 6.45) is -4.41. The molecule has 1 amide bonds. The molecule has 1 N–H and O–H groups in total. The second-order valence-electron chi connectivity index (χ2n) is 6.67. The third kappa shape index (κ3) is 4.65. The number of fused-ring (bicyclic) bond motifs is 1. The predicted octanol–water partition coefficient (Wildman–Crippen LogP) is 5.89. The lowest BCUT2D eigenvalue weighted by Gasteiger charge is -2.19. The first kappa shape index (κ1) is 20.2. The van der Waals surface area contributed by atoms with Gasteiger partial charge < -0.3 is 5.32 Å². The fraction of sp³-hybridized carbons (Fsp3) is 0.227. The first-order valence-electron chi connectivity index (χ1n) is 8.84. The van der Waals surface area contributed by atoms with Gasteiger partial charge in [-0.05, 0) is 41.3 Å². The van der Waals surface area contributed by atoms with Crippen LogP contribution in [0.15, 0.2) is 66.7 Å². The Kier molecular flexibility index (Phi) is 5.94. The minimum atomic E-state index is -4.43. The lowest BCUT2D eigenvalue weighted by molar-refractivity contribution is -0.137. The van der Waals surface area contributed by atoms with Gasteiger partial charge in [-0.25, -0.2) is 0 Å². The zero-order chi connectivity index (χ0) is 20.3. The molecule has 0 aromatic heterocycles. The van der Waals surface area contributed by atoms with Crippen LogP contribution in [0.4, 0.5) is 13.2 Å². The van der Waals surface area contributed by atoms with Crippen molar-refractivity contribution >= 4 is 28.3 Å². The summed E-state index contributed by atoms with van der Waals surface area (Å²) in [6, 6.07) is 18.3. The number of rotatable bonds is 5. The lowest BCUT2D eigenvalue weighted by Crippen LogP contribution is -2.34. The highest BCUT2D eigenvalue weighted by atomic mass is 35.5. The first-order chi connectivity index (χ1) is 13.3. The maximum atomic E-state index is 12.8. The van der Waals surface area contributed by atoms with Gasteiger partial charge in [0.25, 0.3) is 0 Å². The van der Waals surface area contributed by atoms with E-state index < -0.39 is 23.0 Å². The molecule has 1 unspecified atom stereocenters. The maximum Gasteiger partial charge on any atom is 0.416 e. The molecule has 0 heterocycles. The molecule has 0 radical (unpaired) electrons. The predicted molar refractivity (Wildman–Crippen MR) is 105 cm³/mol. The molecule has 3 aromatic carbocycles. The third-order valence-corrected chi connectivity index (χ3v) is 4.95. The van der Waals surface area contributed by atoms with E-state index >= 15 is 0 Å². The minimum absolute atomic E-state index is 0.0135. The number of hydrogen-bond donors (Lipinski definition) is 1. The molecule has 0 aliphatic rings. The molecule has 0 fully saturated rings. The van der Waals surface area contributed by atoms with Crippen molar-refractivity contribution in [3.8, 4) is 0 Å². The number of halogens is 4. The number of hydrogen-bond acceptors (Lipinski definition) is 1. The molecule has 146 valence electrons. The number of benzene rings is 3. The van der Waals surface area contributed by atoms with Crippen molar-refractivity contribution in [1.29, 1.82) is 0 Å². The van der Waals surface area contributed by atoms with E-state index in [1.165, 1.54) is 12.1 Å². The van der Waals surface area contributed by atoms with Gasteiger partial charge in [0, 0.05) is 0 Å². The van der Waals surface area contributed by atoms with E-state index in [1.807, 2.05) is 49.4 Å². The van der Waals surface area contributed by atoms with E-state index in [2.05, 4.69) is 5.32 Å². The number of carbonyl (C=O) groups excluding carboxylic acids is 1. The van der Waals surface area contributed by atoms with E-state index in [4.69, 9.17) is 11.6 Å². The third-order valence-electron chi connectivity index (χ3n) is 4.60. The molecule has 2 atom stereocenters. The Bertz CT molecular complexity index is 981. The summed E-state index contributed by atoms with van der Waals surface area (Å²) in [4.78, 5) is 12.5. The van der Waals surface area contributed by atoms with Crippen LogP contribution in [-0.4, -0.2) is 11.3 Å². The highest BCUT2D eigenvalue weighted by molar-refractivity contribution is 6.30. The first-order valence-corrected chi connectivity index (χ1v) is 9.27. The smallest absolute Gasteiger partial charge is 0.348 e. The van der Waals surface area contributed by atoms with Crippen LogP contribution in [-0.2, 0) is 17.4 Å². The van der Waals surface area contributed by atoms with Crippen LogP contribution >= 0.6 is 11.6 Å². The standard InChI is InChI=1S/C22H19ClF3NO/c1-14(18-11-5-8-16-7-2-3-10-19(16)18)27-21(28)20(23)13-15-6-4-9-17(12-15)22(24,25)26/h2-12,14,20H,13H2,1H3,(H,27,28)/t14-,20?/m1/s1. The van der Waals surface area contributed by atoms with Crippen molar-refractivity contribution < 1.29 is 18.0 Å². The van der Waals surface area contributed by atoms with E-state index in [9.17, 15) is 18.0 Å². The SMILES string of the molecule is C[C@@H](NC(=O)C(Cl)Cc1cccc(C(F)(F)F)c1)c1cccc2ccccc12. The average molecular weight is 406 g/mol. The van der Waals surface area contributed by atoms with Gasteiger partial charge in [0.05, 0.1) is 11.6 Å². The summed E-state index contributed by atoms with van der Waals surface area (Å²) in [5.74, 6) is -0.417. The minimum Gasteiger partial charge on any atom is -0.348 e. The van der Waals surface area contributed by atoms with Crippen LogP contribution in [0.2, 0.25) is 0 Å². The molecule has 28 heavy (non-hydrogen) atoms. The molecule has 6 heteroatoms. The Labute approximate surface area is 166 Å². The monoisotopic (exact) mass is 405 g/mol. The van der Waals surface area contributed by atoms with Crippen molar-refractivity contribution in [2.45, 2.75) is 30.9 Å². The average Bonchev–Trinajstić information content (AvgIpc) is 2.67. The van der Waals surface area contributed by atoms with Gasteiger partial charge in [-0.3, -0.25) is 4.79 Å². The Hall–Kier alpha value is -2.53. The van der Waals surface area contributed by atoms with Crippen LogP contribution in [0.5, 0.6) is 0 Å². The van der Waals surface area contributed by atoms with Gasteiger partial charge in [0.1, 0.15) is 5.38 Å². The topological polar surface area (TPSA) is 29.1 Å².